The van der Waals surface area contributed by atoms with Crippen molar-refractivity contribution in [2.45, 2.75) is 112 Å². The van der Waals surface area contributed by atoms with Gasteiger partial charge in [-0.15, -0.1) is 0 Å². The fourth-order valence-electron chi connectivity index (χ4n) is 11.1. The van der Waals surface area contributed by atoms with Crippen LogP contribution in [-0.4, -0.2) is 34.4 Å². The largest absolute Gasteiger partial charge is 0.481 e. The van der Waals surface area contributed by atoms with Crippen molar-refractivity contribution < 1.29 is 24.6 Å². The quantitative estimate of drug-likeness (QED) is 0.491. The third kappa shape index (κ3) is 2.94. The van der Waals surface area contributed by atoms with E-state index in [0.717, 1.165) is 64.1 Å². The first-order valence-corrected chi connectivity index (χ1v) is 14.1. The van der Waals surface area contributed by atoms with Crippen LogP contribution in [0.3, 0.4) is 0 Å². The highest BCUT2D eigenvalue weighted by Gasteiger charge is 2.72. The highest BCUT2D eigenvalue weighted by atomic mass is 16.4. The molecule has 5 rings (SSSR count). The molecule has 0 aromatic rings. The van der Waals surface area contributed by atoms with Gasteiger partial charge in [0.1, 0.15) is 12.4 Å². The SMILES string of the molecule is C[C@H]1C(=O)[C@H](O)CC2[C@]3(C)CC[C@@]4(C)C5C[C@](C)(C(=O)O)CC[C@]5(C)CC[C@]4(C)C3CC[C@@]21C=O. The molecule has 5 nitrogen and oxygen atoms in total. The first-order valence-electron chi connectivity index (χ1n) is 14.1. The molecule has 0 aromatic carbocycles. The molecule has 11 atom stereocenters. The number of hydrogen-bond donors (Lipinski definition) is 2. The highest BCUT2D eigenvalue weighted by Crippen LogP contribution is 2.78. The van der Waals surface area contributed by atoms with E-state index in [0.29, 0.717) is 18.3 Å². The van der Waals surface area contributed by atoms with E-state index >= 15 is 0 Å². The van der Waals surface area contributed by atoms with Crippen LogP contribution in [-0.2, 0) is 14.4 Å². The van der Waals surface area contributed by atoms with E-state index in [1.165, 1.54) is 0 Å². The first kappa shape index (κ1) is 25.4. The van der Waals surface area contributed by atoms with Gasteiger partial charge in [0.25, 0.3) is 0 Å². The number of aliphatic hydroxyl groups excluding tert-OH is 1. The number of carbonyl (C=O) groups is 3. The topological polar surface area (TPSA) is 91.7 Å². The lowest BCUT2D eigenvalue weighted by molar-refractivity contribution is -0.257. The number of carbonyl (C=O) groups excluding carboxylic acids is 2. The zero-order chi connectivity index (χ0) is 25.8. The summed E-state index contributed by atoms with van der Waals surface area (Å²) in [6, 6.07) is 0. The zero-order valence-corrected chi connectivity index (χ0v) is 22.7. The molecule has 5 aliphatic rings. The molecule has 5 fully saturated rings. The Morgan fingerprint density at radius 1 is 0.886 bits per heavy atom. The van der Waals surface area contributed by atoms with Gasteiger partial charge in [-0.1, -0.05) is 34.6 Å². The molecule has 5 heteroatoms. The molecule has 0 bridgehead atoms. The number of carboxylic acids is 1. The third-order valence-corrected chi connectivity index (χ3v) is 13.8. The van der Waals surface area contributed by atoms with Crippen molar-refractivity contribution in [2.24, 2.45) is 56.2 Å². The van der Waals surface area contributed by atoms with Gasteiger partial charge in [0, 0.05) is 11.3 Å². The Morgan fingerprint density at radius 2 is 1.49 bits per heavy atom. The van der Waals surface area contributed by atoms with Crippen molar-refractivity contribution in [2.75, 3.05) is 0 Å². The number of rotatable bonds is 2. The van der Waals surface area contributed by atoms with Crippen LogP contribution in [0, 0.1) is 56.2 Å². The Bertz CT molecular complexity index is 960. The Balaban J connectivity index is 1.57. The minimum Gasteiger partial charge on any atom is -0.481 e. The van der Waals surface area contributed by atoms with Crippen molar-refractivity contribution in [3.63, 3.8) is 0 Å². The van der Waals surface area contributed by atoms with Gasteiger partial charge in [0.2, 0.25) is 0 Å². The first-order chi connectivity index (χ1) is 16.1. The standard InChI is InChI=1S/C30H46O5/c1-18-23(33)19(32)15-21-27(4)12-14-29(6)22-16-26(3,24(34)35)10-9-25(22,2)11-13-28(29,5)20(27)7-8-30(18,21)17-31/h17-22,32H,7-16H2,1-6H3,(H,34,35)/t18-,19+,20?,21?,22?,25+,26+,27+,28+,29-,30-/m0/s1. The second kappa shape index (κ2) is 7.42. The average Bonchev–Trinajstić information content (AvgIpc) is 2.81. The van der Waals surface area contributed by atoms with Crippen molar-refractivity contribution in [3.8, 4) is 0 Å². The molecule has 196 valence electrons. The van der Waals surface area contributed by atoms with Crippen molar-refractivity contribution in [1.29, 1.82) is 0 Å². The minimum atomic E-state index is -0.968. The Hall–Kier alpha value is -1.23. The predicted octanol–water partition coefficient (Wildman–Crippen LogP) is 5.67. The van der Waals surface area contributed by atoms with E-state index in [2.05, 4.69) is 27.7 Å². The van der Waals surface area contributed by atoms with Gasteiger partial charge in [-0.2, -0.15) is 0 Å². The fourth-order valence-corrected chi connectivity index (χ4v) is 11.1. The van der Waals surface area contributed by atoms with Gasteiger partial charge in [0.15, 0.2) is 5.78 Å². The summed E-state index contributed by atoms with van der Waals surface area (Å²) >= 11 is 0. The maximum Gasteiger partial charge on any atom is 0.309 e. The molecule has 0 saturated heterocycles. The van der Waals surface area contributed by atoms with E-state index in [1.807, 2.05) is 13.8 Å². The van der Waals surface area contributed by atoms with Crippen LogP contribution >= 0.6 is 0 Å². The summed E-state index contributed by atoms with van der Waals surface area (Å²) in [5, 5.41) is 20.8. The molecule has 5 aliphatic carbocycles. The summed E-state index contributed by atoms with van der Waals surface area (Å²) in [6.07, 6.45) is 8.95. The number of hydrogen-bond acceptors (Lipinski definition) is 4. The van der Waals surface area contributed by atoms with Crippen molar-refractivity contribution >= 4 is 18.0 Å². The number of Topliss-reactive ketones (excluding diaryl/α,β-unsaturated/α-hetero) is 1. The summed E-state index contributed by atoms with van der Waals surface area (Å²) in [7, 11) is 0. The smallest absolute Gasteiger partial charge is 0.309 e. The summed E-state index contributed by atoms with van der Waals surface area (Å²) in [4.78, 5) is 37.8. The Morgan fingerprint density at radius 3 is 2.11 bits per heavy atom. The van der Waals surface area contributed by atoms with Crippen LogP contribution < -0.4 is 0 Å². The van der Waals surface area contributed by atoms with E-state index in [4.69, 9.17) is 0 Å². The number of fused-ring (bicyclic) bond motifs is 7. The second-order valence-electron chi connectivity index (χ2n) is 14.9. The lowest BCUT2D eigenvalue weighted by atomic mass is 9.30. The molecular formula is C30H46O5. The highest BCUT2D eigenvalue weighted by molar-refractivity contribution is 5.90. The molecule has 3 unspecified atom stereocenters. The van der Waals surface area contributed by atoms with Gasteiger partial charge < -0.3 is 15.0 Å². The minimum absolute atomic E-state index is 0.0132. The lowest BCUT2D eigenvalue weighted by Crippen LogP contribution is -2.69. The molecule has 5 saturated carbocycles. The van der Waals surface area contributed by atoms with E-state index in [9.17, 15) is 24.6 Å². The van der Waals surface area contributed by atoms with Crippen LogP contribution in [0.4, 0.5) is 0 Å². The van der Waals surface area contributed by atoms with Crippen molar-refractivity contribution in [1.82, 2.24) is 0 Å². The third-order valence-electron chi connectivity index (χ3n) is 13.8. The predicted molar refractivity (Wildman–Crippen MR) is 133 cm³/mol. The van der Waals surface area contributed by atoms with Gasteiger partial charge in [-0.3, -0.25) is 9.59 Å². The molecule has 0 spiro atoms. The zero-order valence-electron chi connectivity index (χ0n) is 22.7. The molecule has 0 aromatic heterocycles. The summed E-state index contributed by atoms with van der Waals surface area (Å²) in [5.74, 6) is -0.466. The molecule has 2 N–H and O–H groups in total. The molecule has 0 amide bonds. The van der Waals surface area contributed by atoms with Gasteiger partial charge in [-0.25, -0.2) is 0 Å². The maximum atomic E-state index is 12.8. The van der Waals surface area contributed by atoms with Crippen LogP contribution in [0.15, 0.2) is 0 Å². The summed E-state index contributed by atoms with van der Waals surface area (Å²) in [6.45, 7) is 13.5. The van der Waals surface area contributed by atoms with E-state index in [-0.39, 0.29) is 33.4 Å². The number of aldehydes is 1. The second-order valence-corrected chi connectivity index (χ2v) is 14.9. The van der Waals surface area contributed by atoms with Gasteiger partial charge >= 0.3 is 5.97 Å². The summed E-state index contributed by atoms with van der Waals surface area (Å²) < 4.78 is 0. The molecular weight excluding hydrogens is 440 g/mol. The number of aliphatic carboxylic acids is 1. The summed E-state index contributed by atoms with van der Waals surface area (Å²) in [5.41, 5.74) is -1.17. The molecule has 0 aliphatic heterocycles. The monoisotopic (exact) mass is 486 g/mol. The Kier molecular flexibility index (Phi) is 5.39. The van der Waals surface area contributed by atoms with Gasteiger partial charge in [-0.05, 0) is 111 Å². The lowest BCUT2D eigenvalue weighted by Gasteiger charge is -2.74. The number of aliphatic hydroxyl groups is 1. The number of ketones is 1. The van der Waals surface area contributed by atoms with Gasteiger partial charge in [0.05, 0.1) is 5.41 Å². The molecule has 0 heterocycles. The average molecular weight is 487 g/mol. The molecule has 35 heavy (non-hydrogen) atoms. The van der Waals surface area contributed by atoms with E-state index in [1.54, 1.807) is 0 Å². The molecule has 0 radical (unpaired) electrons. The number of carboxylic acid groups (broad SMARTS) is 1. The normalized spacial score (nSPS) is 57.8. The van der Waals surface area contributed by atoms with E-state index < -0.39 is 28.8 Å². The Labute approximate surface area is 210 Å². The van der Waals surface area contributed by atoms with Crippen LogP contribution in [0.1, 0.15) is 106 Å². The fraction of sp³-hybridized carbons (Fsp3) is 0.900. The van der Waals surface area contributed by atoms with Crippen LogP contribution in [0.25, 0.3) is 0 Å². The van der Waals surface area contributed by atoms with Crippen molar-refractivity contribution in [3.05, 3.63) is 0 Å². The van der Waals surface area contributed by atoms with Crippen LogP contribution in [0.5, 0.6) is 0 Å². The maximum absolute atomic E-state index is 12.8. The van der Waals surface area contributed by atoms with Crippen LogP contribution in [0.2, 0.25) is 0 Å².